The van der Waals surface area contributed by atoms with Crippen molar-refractivity contribution in [3.05, 3.63) is 40.9 Å². The van der Waals surface area contributed by atoms with Crippen molar-refractivity contribution in [2.75, 3.05) is 6.54 Å². The molecule has 5 heteroatoms. The van der Waals surface area contributed by atoms with Gasteiger partial charge in [-0.25, -0.2) is 0 Å². The Morgan fingerprint density at radius 1 is 1.23 bits per heavy atom. The van der Waals surface area contributed by atoms with Gasteiger partial charge < -0.3 is 10.4 Å². The summed E-state index contributed by atoms with van der Waals surface area (Å²) >= 11 is 5.80. The van der Waals surface area contributed by atoms with E-state index in [1.165, 1.54) is 6.08 Å². The molecule has 1 aliphatic carbocycles. The van der Waals surface area contributed by atoms with Crippen molar-refractivity contribution >= 4 is 29.6 Å². The van der Waals surface area contributed by atoms with Gasteiger partial charge in [-0.15, -0.1) is 0 Å². The lowest BCUT2D eigenvalue weighted by Crippen LogP contribution is -2.36. The molecule has 22 heavy (non-hydrogen) atoms. The van der Waals surface area contributed by atoms with E-state index in [1.54, 1.807) is 18.2 Å². The van der Waals surface area contributed by atoms with Gasteiger partial charge in [0.25, 0.3) is 0 Å². The zero-order chi connectivity index (χ0) is 15.9. The van der Waals surface area contributed by atoms with Crippen molar-refractivity contribution in [2.45, 2.75) is 25.7 Å². The first-order valence-corrected chi connectivity index (χ1v) is 7.88. The Morgan fingerprint density at radius 2 is 1.91 bits per heavy atom. The first-order valence-electron chi connectivity index (χ1n) is 7.50. The molecule has 1 aliphatic rings. The number of carbonyl (C=O) groups excluding carboxylic acids is 1. The number of aliphatic carboxylic acids is 1. The van der Waals surface area contributed by atoms with Crippen LogP contribution in [0.4, 0.5) is 0 Å². The highest BCUT2D eigenvalue weighted by Gasteiger charge is 2.30. The van der Waals surface area contributed by atoms with E-state index in [-0.39, 0.29) is 17.7 Å². The molecule has 0 radical (unpaired) electrons. The lowest BCUT2D eigenvalue weighted by molar-refractivity contribution is -0.145. The Balaban J connectivity index is 1.84. The van der Waals surface area contributed by atoms with Gasteiger partial charge in [0.15, 0.2) is 0 Å². The van der Waals surface area contributed by atoms with Crippen LogP contribution in [0.5, 0.6) is 0 Å². The number of halogens is 1. The topological polar surface area (TPSA) is 66.4 Å². The van der Waals surface area contributed by atoms with Crippen LogP contribution in [0.2, 0.25) is 5.02 Å². The fraction of sp³-hybridized carbons (Fsp3) is 0.412. The van der Waals surface area contributed by atoms with Gasteiger partial charge in [0.1, 0.15) is 0 Å². The predicted molar refractivity (Wildman–Crippen MR) is 86.6 cm³/mol. The first-order chi connectivity index (χ1) is 10.6. The highest BCUT2D eigenvalue weighted by molar-refractivity contribution is 6.30. The quantitative estimate of drug-likeness (QED) is 0.817. The second-order valence-electron chi connectivity index (χ2n) is 5.62. The number of carboxylic acids is 1. The number of benzene rings is 1. The normalized spacial score (nSPS) is 21.7. The van der Waals surface area contributed by atoms with Crippen LogP contribution in [0.3, 0.4) is 0 Å². The van der Waals surface area contributed by atoms with Crippen molar-refractivity contribution in [1.82, 2.24) is 5.32 Å². The van der Waals surface area contributed by atoms with E-state index in [2.05, 4.69) is 5.32 Å². The number of amides is 1. The lowest BCUT2D eigenvalue weighted by atomic mass is 9.79. The number of nitrogens with one attached hydrogen (secondary N) is 1. The van der Waals surface area contributed by atoms with Crippen molar-refractivity contribution in [3.8, 4) is 0 Å². The second kappa shape index (κ2) is 7.99. The molecule has 2 N–H and O–H groups in total. The van der Waals surface area contributed by atoms with Gasteiger partial charge in [0.05, 0.1) is 5.92 Å². The fourth-order valence-corrected chi connectivity index (χ4v) is 2.94. The third-order valence-electron chi connectivity index (χ3n) is 4.06. The fourth-order valence-electron chi connectivity index (χ4n) is 2.81. The van der Waals surface area contributed by atoms with Crippen LogP contribution in [-0.2, 0) is 9.59 Å². The summed E-state index contributed by atoms with van der Waals surface area (Å²) in [6.07, 6.45) is 6.72. The van der Waals surface area contributed by atoms with Gasteiger partial charge in [-0.1, -0.05) is 36.6 Å². The molecule has 0 bridgehead atoms. The summed E-state index contributed by atoms with van der Waals surface area (Å²) in [7, 11) is 0. The molecule has 0 unspecified atom stereocenters. The van der Waals surface area contributed by atoms with Gasteiger partial charge in [0, 0.05) is 17.6 Å². The van der Waals surface area contributed by atoms with Gasteiger partial charge in [0.2, 0.25) is 5.91 Å². The molecule has 4 nitrogen and oxygen atoms in total. The molecular formula is C17H20ClNO3. The van der Waals surface area contributed by atoms with Gasteiger partial charge >= 0.3 is 5.97 Å². The zero-order valence-electron chi connectivity index (χ0n) is 12.3. The molecule has 0 heterocycles. The predicted octanol–water partition coefficient (Wildman–Crippen LogP) is 3.36. The Kier molecular flexibility index (Phi) is 6.01. The summed E-state index contributed by atoms with van der Waals surface area (Å²) < 4.78 is 0. The van der Waals surface area contributed by atoms with Crippen LogP contribution >= 0.6 is 11.6 Å². The molecule has 1 aromatic rings. The largest absolute Gasteiger partial charge is 0.481 e. The molecule has 0 saturated heterocycles. The zero-order valence-corrected chi connectivity index (χ0v) is 13.1. The maximum atomic E-state index is 11.8. The lowest BCUT2D eigenvalue weighted by Gasteiger charge is -2.28. The summed E-state index contributed by atoms with van der Waals surface area (Å²) in [5.74, 6) is -1.27. The second-order valence-corrected chi connectivity index (χ2v) is 6.06. The van der Waals surface area contributed by atoms with E-state index in [0.29, 0.717) is 18.0 Å². The van der Waals surface area contributed by atoms with Gasteiger partial charge in [-0.05, 0) is 42.5 Å². The molecule has 1 aromatic carbocycles. The maximum absolute atomic E-state index is 11.8. The van der Waals surface area contributed by atoms with Crippen molar-refractivity contribution in [2.24, 2.45) is 11.8 Å². The average molecular weight is 322 g/mol. The van der Waals surface area contributed by atoms with E-state index in [0.717, 1.165) is 24.8 Å². The van der Waals surface area contributed by atoms with Crippen molar-refractivity contribution in [1.29, 1.82) is 0 Å². The van der Waals surface area contributed by atoms with E-state index < -0.39 is 5.97 Å². The monoisotopic (exact) mass is 321 g/mol. The van der Waals surface area contributed by atoms with E-state index in [9.17, 15) is 14.7 Å². The molecule has 118 valence electrons. The summed E-state index contributed by atoms with van der Waals surface area (Å²) in [5.41, 5.74) is 0.889. The average Bonchev–Trinajstić information content (AvgIpc) is 2.52. The summed E-state index contributed by atoms with van der Waals surface area (Å²) in [5, 5.41) is 12.7. The molecule has 0 aliphatic heterocycles. The Bertz CT molecular complexity index is 554. The van der Waals surface area contributed by atoms with E-state index in [4.69, 9.17) is 11.6 Å². The summed E-state index contributed by atoms with van der Waals surface area (Å²) in [6, 6.07) is 7.18. The Hall–Kier alpha value is -1.81. The molecular weight excluding hydrogens is 302 g/mol. The van der Waals surface area contributed by atoms with Crippen LogP contribution in [-0.4, -0.2) is 23.5 Å². The van der Waals surface area contributed by atoms with Crippen molar-refractivity contribution in [3.63, 3.8) is 0 Å². The number of rotatable bonds is 5. The third kappa shape index (κ3) is 4.88. The number of carboxylic acid groups (broad SMARTS) is 1. The molecule has 1 saturated carbocycles. The van der Waals surface area contributed by atoms with Gasteiger partial charge in [-0.3, -0.25) is 9.59 Å². The first kappa shape index (κ1) is 16.6. The van der Waals surface area contributed by atoms with Crippen LogP contribution in [0.25, 0.3) is 6.08 Å². The van der Waals surface area contributed by atoms with Crippen LogP contribution in [0.15, 0.2) is 30.3 Å². The summed E-state index contributed by atoms with van der Waals surface area (Å²) in [4.78, 5) is 23.0. The minimum Gasteiger partial charge on any atom is -0.481 e. The molecule has 0 spiro atoms. The highest BCUT2D eigenvalue weighted by Crippen LogP contribution is 2.29. The van der Waals surface area contributed by atoms with Gasteiger partial charge in [-0.2, -0.15) is 0 Å². The van der Waals surface area contributed by atoms with Crippen LogP contribution in [0, 0.1) is 11.8 Å². The Labute approximate surface area is 135 Å². The van der Waals surface area contributed by atoms with Crippen LogP contribution in [0.1, 0.15) is 31.2 Å². The molecule has 1 amide bonds. The maximum Gasteiger partial charge on any atom is 0.306 e. The molecule has 2 atom stereocenters. The third-order valence-corrected chi connectivity index (χ3v) is 4.31. The molecule has 0 aromatic heterocycles. The minimum absolute atomic E-state index is 0.0270. The van der Waals surface area contributed by atoms with E-state index in [1.807, 2.05) is 12.1 Å². The number of carbonyl (C=O) groups is 2. The summed E-state index contributed by atoms with van der Waals surface area (Å²) in [6.45, 7) is 0.417. The minimum atomic E-state index is -0.754. The molecule has 1 fully saturated rings. The number of hydrogen-bond donors (Lipinski definition) is 2. The van der Waals surface area contributed by atoms with Crippen LogP contribution < -0.4 is 5.32 Å². The molecule has 2 rings (SSSR count). The SMILES string of the molecule is O=C(/C=C/c1ccc(Cl)cc1)NC[C@@H]1CCCC[C@@H]1C(=O)O. The Morgan fingerprint density at radius 3 is 2.59 bits per heavy atom. The van der Waals surface area contributed by atoms with Crippen molar-refractivity contribution < 1.29 is 14.7 Å². The number of hydrogen-bond acceptors (Lipinski definition) is 2. The highest BCUT2D eigenvalue weighted by atomic mass is 35.5. The standard InChI is InChI=1S/C17H20ClNO3/c18-14-8-5-12(6-9-14)7-10-16(20)19-11-13-3-1-2-4-15(13)17(21)22/h5-10,13,15H,1-4,11H2,(H,19,20)(H,21,22)/b10-7+/t13-,15-/m0/s1. The van der Waals surface area contributed by atoms with E-state index >= 15 is 0 Å². The smallest absolute Gasteiger partial charge is 0.306 e.